The molecule has 0 radical (unpaired) electrons. The molecule has 1 amide bonds. The fraction of sp³-hybridized carbons (Fsp3) is 0.412. The van der Waals surface area contributed by atoms with E-state index >= 15 is 0 Å². The van der Waals surface area contributed by atoms with Crippen molar-refractivity contribution in [2.75, 3.05) is 0 Å². The summed E-state index contributed by atoms with van der Waals surface area (Å²) in [5.74, 6) is 0.847. The van der Waals surface area contributed by atoms with Crippen LogP contribution in [0.2, 0.25) is 0 Å². The van der Waals surface area contributed by atoms with Crippen molar-refractivity contribution in [1.29, 1.82) is 0 Å². The number of aryl methyl sites for hydroxylation is 2. The summed E-state index contributed by atoms with van der Waals surface area (Å²) in [7, 11) is 0. The van der Waals surface area contributed by atoms with Gasteiger partial charge in [-0.15, -0.1) is 0 Å². The Hall–Kier alpha value is -1.62. The molecule has 1 unspecified atom stereocenters. The van der Waals surface area contributed by atoms with Crippen molar-refractivity contribution in [1.82, 2.24) is 10.5 Å². The second-order valence-electron chi connectivity index (χ2n) is 5.38. The summed E-state index contributed by atoms with van der Waals surface area (Å²) in [5.41, 5.74) is 3.02. The summed E-state index contributed by atoms with van der Waals surface area (Å²) < 4.78 is 6.16. The number of benzene rings is 1. The van der Waals surface area contributed by atoms with Crippen LogP contribution in [0, 0.1) is 13.8 Å². The van der Waals surface area contributed by atoms with Gasteiger partial charge in [-0.05, 0) is 44.4 Å². The number of hydrogen-bond donors (Lipinski definition) is 1. The molecule has 22 heavy (non-hydrogen) atoms. The predicted molar refractivity (Wildman–Crippen MR) is 89.6 cm³/mol. The summed E-state index contributed by atoms with van der Waals surface area (Å²) in [5, 5.41) is 7.01. The molecular weight excluding hydrogens is 344 g/mol. The second-order valence-corrected chi connectivity index (χ2v) is 6.30. The van der Waals surface area contributed by atoms with Crippen molar-refractivity contribution in [3.63, 3.8) is 0 Å². The summed E-state index contributed by atoms with van der Waals surface area (Å²) in [6.07, 6.45) is 1.96. The fourth-order valence-corrected chi connectivity index (χ4v) is 2.74. The lowest BCUT2D eigenvalue weighted by Crippen LogP contribution is -2.28. The topological polar surface area (TPSA) is 55.1 Å². The van der Waals surface area contributed by atoms with Gasteiger partial charge in [0, 0.05) is 16.5 Å². The summed E-state index contributed by atoms with van der Waals surface area (Å²) in [6.45, 7) is 5.85. The molecule has 1 aromatic carbocycles. The first-order valence-electron chi connectivity index (χ1n) is 7.47. The number of carbonyl (C=O) groups excluding carboxylic acids is 1. The molecule has 0 aliphatic heterocycles. The molecule has 0 aliphatic carbocycles. The maximum atomic E-state index is 12.2. The van der Waals surface area contributed by atoms with Crippen LogP contribution in [-0.2, 0) is 11.2 Å². The summed E-state index contributed by atoms with van der Waals surface area (Å²) in [6, 6.07) is 8.10. The number of nitrogens with one attached hydrogen (secondary N) is 1. The van der Waals surface area contributed by atoms with E-state index in [-0.39, 0.29) is 11.9 Å². The predicted octanol–water partition coefficient (Wildman–Crippen LogP) is 4.25. The maximum absolute atomic E-state index is 12.2. The van der Waals surface area contributed by atoms with Crippen LogP contribution in [0.4, 0.5) is 0 Å². The van der Waals surface area contributed by atoms with E-state index in [1.807, 2.05) is 38.1 Å². The Morgan fingerprint density at radius 1 is 1.32 bits per heavy atom. The first kappa shape index (κ1) is 16.7. The van der Waals surface area contributed by atoms with E-state index in [0.717, 1.165) is 33.5 Å². The van der Waals surface area contributed by atoms with E-state index in [0.29, 0.717) is 12.8 Å². The number of halogens is 1. The van der Waals surface area contributed by atoms with Gasteiger partial charge in [-0.1, -0.05) is 40.1 Å². The summed E-state index contributed by atoms with van der Waals surface area (Å²) in [4.78, 5) is 12.2. The van der Waals surface area contributed by atoms with Gasteiger partial charge in [0.15, 0.2) is 0 Å². The Bertz CT molecular complexity index is 615. The molecule has 1 heterocycles. The number of rotatable bonds is 6. The average molecular weight is 365 g/mol. The third-order valence-corrected chi connectivity index (χ3v) is 4.33. The highest BCUT2D eigenvalue weighted by Gasteiger charge is 2.15. The molecule has 0 bridgehead atoms. The first-order valence-corrected chi connectivity index (χ1v) is 8.27. The van der Waals surface area contributed by atoms with Crippen molar-refractivity contribution in [2.45, 2.75) is 46.1 Å². The van der Waals surface area contributed by atoms with Crippen LogP contribution in [0.15, 0.2) is 33.3 Å². The Labute approximate surface area is 139 Å². The number of carbonyl (C=O) groups is 1. The van der Waals surface area contributed by atoms with Crippen molar-refractivity contribution >= 4 is 21.8 Å². The smallest absolute Gasteiger partial charge is 0.220 e. The lowest BCUT2D eigenvalue weighted by Gasteiger charge is -2.17. The molecule has 2 aromatic rings. The van der Waals surface area contributed by atoms with E-state index in [1.165, 1.54) is 0 Å². The molecule has 0 spiro atoms. The molecule has 5 heteroatoms. The Balaban J connectivity index is 1.94. The normalized spacial score (nSPS) is 12.2. The van der Waals surface area contributed by atoms with Gasteiger partial charge in [0.1, 0.15) is 5.76 Å². The van der Waals surface area contributed by atoms with E-state index in [9.17, 15) is 4.79 Å². The highest BCUT2D eigenvalue weighted by molar-refractivity contribution is 9.10. The van der Waals surface area contributed by atoms with Gasteiger partial charge in [0.25, 0.3) is 0 Å². The minimum absolute atomic E-state index is 0.0465. The molecule has 1 aromatic heterocycles. The molecule has 0 saturated heterocycles. The van der Waals surface area contributed by atoms with Crippen molar-refractivity contribution < 1.29 is 9.32 Å². The lowest BCUT2D eigenvalue weighted by molar-refractivity contribution is -0.121. The Morgan fingerprint density at radius 3 is 2.55 bits per heavy atom. The fourth-order valence-electron chi connectivity index (χ4n) is 2.48. The zero-order chi connectivity index (χ0) is 16.1. The monoisotopic (exact) mass is 364 g/mol. The standard InChI is InChI=1S/C17H21BrN2O2/c1-4-16(13-5-7-14(18)8-6-13)19-17(21)10-9-15-11(2)20-22-12(15)3/h5-8,16H,4,9-10H2,1-3H3,(H,19,21). The van der Waals surface area contributed by atoms with Gasteiger partial charge in [0.2, 0.25) is 5.91 Å². The van der Waals surface area contributed by atoms with E-state index in [4.69, 9.17) is 4.52 Å². The molecule has 2 rings (SSSR count). The third kappa shape index (κ3) is 4.19. The highest BCUT2D eigenvalue weighted by Crippen LogP contribution is 2.20. The molecule has 1 N–H and O–H groups in total. The SMILES string of the molecule is CCC(NC(=O)CCc1c(C)noc1C)c1ccc(Br)cc1. The molecule has 0 aliphatic rings. The van der Waals surface area contributed by atoms with Gasteiger partial charge in [-0.25, -0.2) is 0 Å². The van der Waals surface area contributed by atoms with Gasteiger partial charge in [-0.2, -0.15) is 0 Å². The number of hydrogen-bond acceptors (Lipinski definition) is 3. The van der Waals surface area contributed by atoms with Crippen LogP contribution >= 0.6 is 15.9 Å². The molecule has 1 atom stereocenters. The molecule has 0 fully saturated rings. The number of amides is 1. The van der Waals surface area contributed by atoms with Gasteiger partial charge in [-0.3, -0.25) is 4.79 Å². The van der Waals surface area contributed by atoms with Crippen LogP contribution in [0.5, 0.6) is 0 Å². The highest BCUT2D eigenvalue weighted by atomic mass is 79.9. The lowest BCUT2D eigenvalue weighted by atomic mass is 10.0. The van der Waals surface area contributed by atoms with Crippen LogP contribution in [0.25, 0.3) is 0 Å². The van der Waals surface area contributed by atoms with E-state index < -0.39 is 0 Å². The van der Waals surface area contributed by atoms with Gasteiger partial charge in [0.05, 0.1) is 11.7 Å². The quantitative estimate of drug-likeness (QED) is 0.833. The molecule has 4 nitrogen and oxygen atoms in total. The zero-order valence-electron chi connectivity index (χ0n) is 13.1. The second kappa shape index (κ2) is 7.58. The Morgan fingerprint density at radius 2 is 2.00 bits per heavy atom. The van der Waals surface area contributed by atoms with Crippen LogP contribution in [0.1, 0.15) is 48.4 Å². The molecule has 0 saturated carbocycles. The number of aromatic nitrogens is 1. The van der Waals surface area contributed by atoms with Crippen LogP contribution < -0.4 is 5.32 Å². The summed E-state index contributed by atoms with van der Waals surface area (Å²) >= 11 is 3.43. The van der Waals surface area contributed by atoms with Crippen molar-refractivity contribution in [3.8, 4) is 0 Å². The molecule has 118 valence electrons. The van der Waals surface area contributed by atoms with Crippen molar-refractivity contribution in [2.24, 2.45) is 0 Å². The van der Waals surface area contributed by atoms with Gasteiger partial charge < -0.3 is 9.84 Å². The van der Waals surface area contributed by atoms with Crippen molar-refractivity contribution in [3.05, 3.63) is 51.3 Å². The minimum Gasteiger partial charge on any atom is -0.361 e. The minimum atomic E-state index is 0.0465. The van der Waals surface area contributed by atoms with Gasteiger partial charge >= 0.3 is 0 Å². The van der Waals surface area contributed by atoms with Crippen LogP contribution in [-0.4, -0.2) is 11.1 Å². The maximum Gasteiger partial charge on any atom is 0.220 e. The Kier molecular flexibility index (Phi) is 5.77. The van der Waals surface area contributed by atoms with Crippen LogP contribution in [0.3, 0.4) is 0 Å². The first-order chi connectivity index (χ1) is 10.5. The number of nitrogens with zero attached hydrogens (tertiary/aromatic N) is 1. The largest absolute Gasteiger partial charge is 0.361 e. The zero-order valence-corrected chi connectivity index (χ0v) is 14.7. The van der Waals surface area contributed by atoms with E-state index in [2.05, 4.69) is 33.3 Å². The third-order valence-electron chi connectivity index (χ3n) is 3.80. The average Bonchev–Trinajstić information content (AvgIpc) is 2.82. The van der Waals surface area contributed by atoms with E-state index in [1.54, 1.807) is 0 Å². The molecular formula is C17H21BrN2O2.